The maximum atomic E-state index is 11.9. The van der Waals surface area contributed by atoms with Crippen LogP contribution in [0.15, 0.2) is 30.3 Å². The minimum absolute atomic E-state index is 0.0227. The summed E-state index contributed by atoms with van der Waals surface area (Å²) in [5, 5.41) is 1.40. The van der Waals surface area contributed by atoms with Crippen molar-refractivity contribution in [3.63, 3.8) is 0 Å². The number of carbonyl (C=O) groups is 1. The van der Waals surface area contributed by atoms with Crippen LogP contribution in [0.2, 0.25) is 18.6 Å². The Hall–Kier alpha value is -0.973. The Balaban J connectivity index is 1.94. The van der Waals surface area contributed by atoms with Crippen molar-refractivity contribution in [1.82, 2.24) is 0 Å². The second-order valence-corrected chi connectivity index (χ2v) is 11.9. The largest absolute Gasteiger partial charge is 0.382 e. The van der Waals surface area contributed by atoms with Gasteiger partial charge in [-0.1, -0.05) is 48.6 Å². The topological polar surface area (TPSA) is 35.5 Å². The molecule has 2 aliphatic rings. The summed E-state index contributed by atoms with van der Waals surface area (Å²) in [6.45, 7) is 5.32. The Bertz CT molecular complexity index is 512. The number of hydrogen-bond donors (Lipinski definition) is 0. The first kappa shape index (κ1) is 15.9. The molecule has 2 fully saturated rings. The predicted molar refractivity (Wildman–Crippen MR) is 90.1 cm³/mol. The molecule has 3 nitrogen and oxygen atoms in total. The molecule has 1 aliphatic heterocycles. The summed E-state index contributed by atoms with van der Waals surface area (Å²) in [5.41, 5.74) is 0.290. The van der Waals surface area contributed by atoms with Gasteiger partial charge in [0.25, 0.3) is 0 Å². The lowest BCUT2D eigenvalue weighted by molar-refractivity contribution is -0.113. The van der Waals surface area contributed by atoms with Gasteiger partial charge < -0.3 is 14.3 Å². The first-order chi connectivity index (χ1) is 10.6. The maximum Gasteiger partial charge on any atom is 0.125 e. The van der Waals surface area contributed by atoms with Crippen LogP contribution >= 0.6 is 0 Å². The summed E-state index contributed by atoms with van der Waals surface area (Å²) in [5.74, 6) is 0.606. The number of carbonyl (C=O) groups excluding carboxylic acids is 1. The summed E-state index contributed by atoms with van der Waals surface area (Å²) in [7, 11) is -0.107. The Morgan fingerprint density at radius 1 is 1.27 bits per heavy atom. The van der Waals surface area contributed by atoms with E-state index in [2.05, 4.69) is 43.4 Å². The minimum atomic E-state index is -1.83. The molecule has 0 radical (unpaired) electrons. The highest BCUT2D eigenvalue weighted by Crippen LogP contribution is 2.50. The molecular formula is C18H26O3Si. The lowest BCUT2D eigenvalue weighted by atomic mass is 9.97. The zero-order valence-corrected chi connectivity index (χ0v) is 14.7. The second kappa shape index (κ2) is 6.26. The molecule has 1 aromatic rings. The van der Waals surface area contributed by atoms with Gasteiger partial charge in [-0.3, -0.25) is 0 Å². The third kappa shape index (κ3) is 2.80. The summed E-state index contributed by atoms with van der Waals surface area (Å²) >= 11 is 0. The highest BCUT2D eigenvalue weighted by Gasteiger charge is 2.55. The molecule has 0 aromatic heterocycles. The first-order valence-corrected chi connectivity index (χ1v) is 11.3. The molecule has 1 aliphatic carbocycles. The van der Waals surface area contributed by atoms with Gasteiger partial charge in [0.15, 0.2) is 0 Å². The van der Waals surface area contributed by atoms with Crippen LogP contribution in [-0.2, 0) is 14.3 Å². The van der Waals surface area contributed by atoms with Crippen molar-refractivity contribution in [2.45, 2.75) is 43.7 Å². The van der Waals surface area contributed by atoms with Gasteiger partial charge in [-0.15, -0.1) is 0 Å². The Morgan fingerprint density at radius 2 is 1.95 bits per heavy atom. The molecule has 0 amide bonds. The van der Waals surface area contributed by atoms with Crippen LogP contribution in [0.4, 0.5) is 0 Å². The van der Waals surface area contributed by atoms with E-state index in [9.17, 15) is 4.79 Å². The quantitative estimate of drug-likeness (QED) is 0.597. The average molecular weight is 318 g/mol. The second-order valence-electron chi connectivity index (χ2n) is 7.26. The monoisotopic (exact) mass is 318 g/mol. The van der Waals surface area contributed by atoms with Crippen LogP contribution in [0.3, 0.4) is 0 Å². The van der Waals surface area contributed by atoms with E-state index in [1.807, 2.05) is 0 Å². The number of rotatable bonds is 6. The third-order valence-corrected chi connectivity index (χ3v) is 9.70. The Labute approximate surface area is 134 Å². The molecule has 0 N–H and O–H groups in total. The fraction of sp³-hybridized carbons (Fsp3) is 0.611. The van der Waals surface area contributed by atoms with Crippen LogP contribution < -0.4 is 5.19 Å². The van der Waals surface area contributed by atoms with Gasteiger partial charge >= 0.3 is 0 Å². The fourth-order valence-corrected chi connectivity index (χ4v) is 7.93. The Morgan fingerprint density at radius 3 is 2.50 bits per heavy atom. The number of ether oxygens (including phenoxy) is 2. The van der Waals surface area contributed by atoms with E-state index in [1.165, 1.54) is 24.3 Å². The molecule has 1 aromatic carbocycles. The van der Waals surface area contributed by atoms with Crippen LogP contribution in [-0.4, -0.2) is 40.3 Å². The number of aldehydes is 1. The lowest BCUT2D eigenvalue weighted by Crippen LogP contribution is -2.51. The zero-order chi connectivity index (χ0) is 15.7. The van der Waals surface area contributed by atoms with Crippen molar-refractivity contribution in [2.24, 2.45) is 11.8 Å². The Kier molecular flexibility index (Phi) is 4.53. The highest BCUT2D eigenvalue weighted by atomic mass is 28.3. The third-order valence-electron chi connectivity index (χ3n) is 5.45. The summed E-state index contributed by atoms with van der Waals surface area (Å²) in [6.07, 6.45) is 3.73. The summed E-state index contributed by atoms with van der Waals surface area (Å²) in [6, 6.07) is 10.7. The van der Waals surface area contributed by atoms with E-state index in [1.54, 1.807) is 7.11 Å². The van der Waals surface area contributed by atoms with E-state index in [4.69, 9.17) is 9.47 Å². The fourth-order valence-electron chi connectivity index (χ4n) is 4.15. The zero-order valence-electron chi connectivity index (χ0n) is 13.7. The van der Waals surface area contributed by atoms with Gasteiger partial charge in [0.1, 0.15) is 6.29 Å². The molecule has 3 rings (SSSR count). The van der Waals surface area contributed by atoms with Crippen LogP contribution in [0.1, 0.15) is 12.8 Å². The van der Waals surface area contributed by atoms with Gasteiger partial charge in [0.05, 0.1) is 26.9 Å². The van der Waals surface area contributed by atoms with Crippen molar-refractivity contribution in [1.29, 1.82) is 0 Å². The predicted octanol–water partition coefficient (Wildman–Crippen LogP) is 2.61. The molecular weight excluding hydrogens is 292 g/mol. The molecule has 4 heteroatoms. The van der Waals surface area contributed by atoms with Crippen molar-refractivity contribution in [3.05, 3.63) is 30.3 Å². The van der Waals surface area contributed by atoms with Gasteiger partial charge in [0.2, 0.25) is 0 Å². The van der Waals surface area contributed by atoms with E-state index in [-0.39, 0.29) is 23.7 Å². The number of methoxy groups -OCH3 is 1. The van der Waals surface area contributed by atoms with Crippen LogP contribution in [0.5, 0.6) is 0 Å². The van der Waals surface area contributed by atoms with E-state index in [0.29, 0.717) is 12.5 Å². The SMILES string of the molecule is COC[C@H]1O[C@@H](C2CC2)[C@@H](C=O)[C@@H]1[Si](C)(C)c1ccccc1. The smallest absolute Gasteiger partial charge is 0.125 e. The highest BCUT2D eigenvalue weighted by molar-refractivity contribution is 6.91. The first-order valence-electron chi connectivity index (χ1n) is 8.24. The molecule has 22 heavy (non-hydrogen) atoms. The summed E-state index contributed by atoms with van der Waals surface area (Å²) < 4.78 is 11.7. The molecule has 1 saturated carbocycles. The molecule has 1 heterocycles. The molecule has 1 saturated heterocycles. The maximum absolute atomic E-state index is 11.9. The van der Waals surface area contributed by atoms with E-state index in [0.717, 1.165) is 0 Å². The number of hydrogen-bond acceptors (Lipinski definition) is 3. The van der Waals surface area contributed by atoms with Gasteiger partial charge in [-0.2, -0.15) is 0 Å². The van der Waals surface area contributed by atoms with Crippen molar-refractivity contribution in [3.8, 4) is 0 Å². The molecule has 120 valence electrons. The molecule has 0 unspecified atom stereocenters. The van der Waals surface area contributed by atoms with Crippen LogP contribution in [0, 0.1) is 11.8 Å². The van der Waals surface area contributed by atoms with Crippen molar-refractivity contribution in [2.75, 3.05) is 13.7 Å². The van der Waals surface area contributed by atoms with Crippen molar-refractivity contribution >= 4 is 19.5 Å². The van der Waals surface area contributed by atoms with Gasteiger partial charge in [-0.25, -0.2) is 0 Å². The summed E-state index contributed by atoms with van der Waals surface area (Å²) in [4.78, 5) is 11.9. The van der Waals surface area contributed by atoms with Crippen LogP contribution in [0.25, 0.3) is 0 Å². The molecule has 0 spiro atoms. The lowest BCUT2D eigenvalue weighted by Gasteiger charge is -2.35. The van der Waals surface area contributed by atoms with Crippen molar-refractivity contribution < 1.29 is 14.3 Å². The standard InChI is InChI=1S/C18H26O3Si/c1-20-12-16-18(15(11-19)17(21-16)13-9-10-13)22(2,3)14-7-5-4-6-8-14/h4-8,11,13,15-18H,9-10,12H2,1-3H3/t15-,16-,17+,18+/m1/s1. The average Bonchev–Trinajstić information content (AvgIpc) is 3.30. The molecule has 4 atom stereocenters. The minimum Gasteiger partial charge on any atom is -0.382 e. The number of benzene rings is 1. The van der Waals surface area contributed by atoms with E-state index >= 15 is 0 Å². The molecule has 0 bridgehead atoms. The van der Waals surface area contributed by atoms with Gasteiger partial charge in [0, 0.05) is 13.0 Å². The van der Waals surface area contributed by atoms with Gasteiger partial charge in [-0.05, 0) is 24.3 Å². The van der Waals surface area contributed by atoms with E-state index < -0.39 is 8.07 Å². The normalized spacial score (nSPS) is 32.1.